The molecule has 4 nitrogen and oxygen atoms in total. The van der Waals surface area contributed by atoms with E-state index in [1.54, 1.807) is 12.1 Å². The van der Waals surface area contributed by atoms with Gasteiger partial charge in [-0.05, 0) is 42.5 Å². The fourth-order valence-electron chi connectivity index (χ4n) is 4.40. The highest BCUT2D eigenvalue weighted by Crippen LogP contribution is 2.44. The Balaban J connectivity index is 1.32. The molecule has 30 heavy (non-hydrogen) atoms. The second-order valence-electron chi connectivity index (χ2n) is 8.01. The summed E-state index contributed by atoms with van der Waals surface area (Å²) in [4.78, 5) is 29.4. The Bertz CT molecular complexity index is 880. The lowest BCUT2D eigenvalue weighted by Gasteiger charge is -2.44. The molecule has 6 heteroatoms. The Kier molecular flexibility index (Phi) is 6.42. The zero-order valence-electron chi connectivity index (χ0n) is 17.1. The predicted octanol–water partition coefficient (Wildman–Crippen LogP) is 3.90. The molecule has 2 saturated heterocycles. The first-order chi connectivity index (χ1) is 14.6. The van der Waals surface area contributed by atoms with Crippen molar-refractivity contribution in [3.8, 4) is 0 Å². The molecule has 0 aliphatic carbocycles. The lowest BCUT2D eigenvalue weighted by molar-refractivity contribution is -0.137. The number of likely N-dealkylation sites (tertiary alicyclic amines) is 1. The van der Waals surface area contributed by atoms with Crippen LogP contribution in [0.3, 0.4) is 0 Å². The Morgan fingerprint density at radius 3 is 2.30 bits per heavy atom. The van der Waals surface area contributed by atoms with Gasteiger partial charge in [-0.3, -0.25) is 9.59 Å². The van der Waals surface area contributed by atoms with E-state index in [2.05, 4.69) is 17.0 Å². The van der Waals surface area contributed by atoms with Gasteiger partial charge >= 0.3 is 0 Å². The van der Waals surface area contributed by atoms with Crippen LogP contribution in [0, 0.1) is 5.82 Å². The number of aryl methyl sites for hydroxylation is 1. The molecule has 0 bridgehead atoms. The van der Waals surface area contributed by atoms with Crippen molar-refractivity contribution in [3.63, 3.8) is 0 Å². The zero-order valence-corrected chi connectivity index (χ0v) is 17.9. The average Bonchev–Trinajstić information content (AvgIpc) is 3.18. The molecule has 0 aromatic heterocycles. The smallest absolute Gasteiger partial charge is 0.226 e. The second kappa shape index (κ2) is 9.21. The highest BCUT2D eigenvalue weighted by atomic mass is 32.2. The maximum atomic E-state index is 13.1. The zero-order chi connectivity index (χ0) is 21.0. The molecule has 1 spiro atoms. The summed E-state index contributed by atoms with van der Waals surface area (Å²) >= 11 is 1.87. The van der Waals surface area contributed by atoms with Crippen molar-refractivity contribution in [1.82, 2.24) is 9.80 Å². The van der Waals surface area contributed by atoms with Gasteiger partial charge in [0.15, 0.2) is 0 Å². The molecule has 0 atom stereocenters. The lowest BCUT2D eigenvalue weighted by atomic mass is 10.00. The molecule has 4 rings (SSSR count). The van der Waals surface area contributed by atoms with E-state index >= 15 is 0 Å². The summed E-state index contributed by atoms with van der Waals surface area (Å²) in [5, 5.41) is 0. The Morgan fingerprint density at radius 1 is 0.900 bits per heavy atom. The molecular weight excluding hydrogens is 399 g/mol. The first-order valence-electron chi connectivity index (χ1n) is 10.6. The molecule has 0 saturated carbocycles. The van der Waals surface area contributed by atoms with E-state index in [9.17, 15) is 14.0 Å². The Morgan fingerprint density at radius 2 is 1.60 bits per heavy atom. The van der Waals surface area contributed by atoms with Crippen molar-refractivity contribution in [3.05, 3.63) is 71.5 Å². The van der Waals surface area contributed by atoms with E-state index in [0.29, 0.717) is 25.9 Å². The van der Waals surface area contributed by atoms with Gasteiger partial charge in [0.05, 0.1) is 11.3 Å². The summed E-state index contributed by atoms with van der Waals surface area (Å²) in [6.07, 6.45) is 3.20. The van der Waals surface area contributed by atoms with Gasteiger partial charge in [-0.25, -0.2) is 4.39 Å². The van der Waals surface area contributed by atoms with Crippen LogP contribution >= 0.6 is 11.8 Å². The Labute approximate surface area is 181 Å². The molecule has 0 radical (unpaired) electrons. The molecule has 158 valence electrons. The van der Waals surface area contributed by atoms with Crippen molar-refractivity contribution < 1.29 is 14.0 Å². The van der Waals surface area contributed by atoms with Crippen molar-refractivity contribution >= 4 is 23.6 Å². The molecular formula is C24H27FN2O2S. The molecule has 2 aromatic carbocycles. The van der Waals surface area contributed by atoms with E-state index in [4.69, 9.17) is 0 Å². The highest BCUT2D eigenvalue weighted by molar-refractivity contribution is 8.00. The van der Waals surface area contributed by atoms with Gasteiger partial charge in [-0.15, -0.1) is 11.8 Å². The van der Waals surface area contributed by atoms with Crippen LogP contribution in [0.5, 0.6) is 0 Å². The van der Waals surface area contributed by atoms with Crippen LogP contribution in [0.15, 0.2) is 54.6 Å². The van der Waals surface area contributed by atoms with Gasteiger partial charge in [0, 0.05) is 31.8 Å². The van der Waals surface area contributed by atoms with E-state index in [1.165, 1.54) is 17.7 Å². The number of carbonyl (C=O) groups is 2. The van der Waals surface area contributed by atoms with Crippen LogP contribution in [-0.4, -0.2) is 51.9 Å². The standard InChI is InChI=1S/C24H27FN2O2S/c25-21-9-6-20(7-10-21)18-23(29)26-14-12-24(13-15-26)27(16-17-30-24)22(28)11-8-19-4-2-1-3-5-19/h1-7,9-10H,8,11-18H2. The third-order valence-corrected chi connectivity index (χ3v) is 7.67. The third kappa shape index (κ3) is 4.69. The van der Waals surface area contributed by atoms with Gasteiger partial charge in [-0.2, -0.15) is 0 Å². The molecule has 2 fully saturated rings. The van der Waals surface area contributed by atoms with Gasteiger partial charge in [0.1, 0.15) is 5.82 Å². The summed E-state index contributed by atoms with van der Waals surface area (Å²) < 4.78 is 13.1. The molecule has 2 aromatic rings. The molecule has 0 N–H and O–H groups in total. The van der Waals surface area contributed by atoms with Crippen molar-refractivity contribution in [2.75, 3.05) is 25.4 Å². The predicted molar refractivity (Wildman–Crippen MR) is 118 cm³/mol. The van der Waals surface area contributed by atoms with Crippen LogP contribution in [-0.2, 0) is 22.4 Å². The monoisotopic (exact) mass is 426 g/mol. The minimum absolute atomic E-state index is 0.0707. The van der Waals surface area contributed by atoms with Crippen LogP contribution in [0.1, 0.15) is 30.4 Å². The minimum Gasteiger partial charge on any atom is -0.342 e. The summed E-state index contributed by atoms with van der Waals surface area (Å²) in [6, 6.07) is 16.2. The van der Waals surface area contributed by atoms with Crippen molar-refractivity contribution in [2.24, 2.45) is 0 Å². The van der Waals surface area contributed by atoms with Gasteiger partial charge in [-0.1, -0.05) is 42.5 Å². The highest BCUT2D eigenvalue weighted by Gasteiger charge is 2.46. The SMILES string of the molecule is O=C(Cc1ccc(F)cc1)N1CCC2(CC1)SCCN2C(=O)CCc1ccccc1. The van der Waals surface area contributed by atoms with Gasteiger partial charge < -0.3 is 9.80 Å². The maximum absolute atomic E-state index is 13.1. The van der Waals surface area contributed by atoms with E-state index in [1.807, 2.05) is 34.9 Å². The first-order valence-corrected chi connectivity index (χ1v) is 11.5. The topological polar surface area (TPSA) is 40.6 Å². The summed E-state index contributed by atoms with van der Waals surface area (Å²) in [7, 11) is 0. The van der Waals surface area contributed by atoms with Crippen LogP contribution < -0.4 is 0 Å². The first kappa shape index (κ1) is 20.9. The Hall–Kier alpha value is -2.34. The number of halogens is 1. The quantitative estimate of drug-likeness (QED) is 0.728. The number of benzene rings is 2. The number of carbonyl (C=O) groups excluding carboxylic acids is 2. The average molecular weight is 427 g/mol. The molecule has 2 amide bonds. The van der Waals surface area contributed by atoms with E-state index in [0.717, 1.165) is 37.1 Å². The fraction of sp³-hybridized carbons (Fsp3) is 0.417. The van der Waals surface area contributed by atoms with Gasteiger partial charge in [0.2, 0.25) is 11.8 Å². The number of hydrogen-bond acceptors (Lipinski definition) is 3. The summed E-state index contributed by atoms with van der Waals surface area (Å²) in [5.41, 5.74) is 2.02. The molecule has 2 aliphatic rings. The van der Waals surface area contributed by atoms with Crippen LogP contribution in [0.25, 0.3) is 0 Å². The third-order valence-electron chi connectivity index (χ3n) is 6.12. The number of nitrogens with zero attached hydrogens (tertiary/aromatic N) is 2. The van der Waals surface area contributed by atoms with Crippen LogP contribution in [0.2, 0.25) is 0 Å². The van der Waals surface area contributed by atoms with E-state index < -0.39 is 0 Å². The number of amides is 2. The maximum Gasteiger partial charge on any atom is 0.226 e. The normalized spacial score (nSPS) is 18.0. The van der Waals surface area contributed by atoms with Crippen LogP contribution in [0.4, 0.5) is 4.39 Å². The second-order valence-corrected chi connectivity index (χ2v) is 9.47. The summed E-state index contributed by atoms with van der Waals surface area (Å²) in [6.45, 7) is 2.12. The van der Waals surface area contributed by atoms with Crippen molar-refractivity contribution in [1.29, 1.82) is 0 Å². The number of piperidine rings is 1. The minimum atomic E-state index is -0.290. The van der Waals surface area contributed by atoms with Gasteiger partial charge in [0.25, 0.3) is 0 Å². The summed E-state index contributed by atoms with van der Waals surface area (Å²) in [5.74, 6) is 0.957. The number of rotatable bonds is 5. The number of thioether (sulfide) groups is 1. The molecule has 0 unspecified atom stereocenters. The van der Waals surface area contributed by atoms with Crippen molar-refractivity contribution in [2.45, 2.75) is 37.0 Å². The fourth-order valence-corrected chi connectivity index (χ4v) is 5.87. The molecule has 2 aliphatic heterocycles. The number of hydrogen-bond donors (Lipinski definition) is 0. The van der Waals surface area contributed by atoms with E-state index in [-0.39, 0.29) is 22.5 Å². The molecule has 2 heterocycles. The largest absolute Gasteiger partial charge is 0.342 e. The lowest BCUT2D eigenvalue weighted by Crippen LogP contribution is -2.53.